The summed E-state index contributed by atoms with van der Waals surface area (Å²) in [6, 6.07) is 5.01. The Kier molecular flexibility index (Phi) is 2.55. The van der Waals surface area contributed by atoms with Crippen molar-refractivity contribution in [3.8, 4) is 0 Å². The molecule has 0 heterocycles. The second-order valence-corrected chi connectivity index (χ2v) is 4.15. The van der Waals surface area contributed by atoms with Gasteiger partial charge in [0.2, 0.25) is 0 Å². The van der Waals surface area contributed by atoms with Crippen LogP contribution >= 0.6 is 0 Å². The molecule has 1 aliphatic rings. The molecule has 2 rings (SSSR count). The summed E-state index contributed by atoms with van der Waals surface area (Å²) in [5.41, 5.74) is 2.35. The van der Waals surface area contributed by atoms with E-state index in [0.29, 0.717) is 5.92 Å². The van der Waals surface area contributed by atoms with Crippen LogP contribution in [0.3, 0.4) is 0 Å². The van der Waals surface area contributed by atoms with Gasteiger partial charge in [-0.1, -0.05) is 13.0 Å². The van der Waals surface area contributed by atoms with E-state index in [-0.39, 0.29) is 18.3 Å². The van der Waals surface area contributed by atoms with Crippen LogP contribution in [0.15, 0.2) is 18.2 Å². The predicted octanol–water partition coefficient (Wildman–Crippen LogP) is 2.48. The normalized spacial score (nSPS) is 22.1. The molecule has 1 N–H and O–H groups in total. The van der Waals surface area contributed by atoms with Gasteiger partial charge < -0.3 is 5.11 Å². The molecule has 2 atom stereocenters. The average Bonchev–Trinajstić information content (AvgIpc) is 2.59. The Bertz CT molecular complexity index is 335. The van der Waals surface area contributed by atoms with Gasteiger partial charge in [-0.2, -0.15) is 0 Å². The van der Waals surface area contributed by atoms with Gasteiger partial charge in [0.15, 0.2) is 0 Å². The van der Waals surface area contributed by atoms with Gasteiger partial charge in [-0.05, 0) is 47.9 Å². The van der Waals surface area contributed by atoms with E-state index in [4.69, 9.17) is 5.11 Å². The van der Waals surface area contributed by atoms with Crippen LogP contribution in [0.4, 0.5) is 4.39 Å². The first-order valence-electron chi connectivity index (χ1n) is 5.11. The molecule has 1 aromatic carbocycles. The van der Waals surface area contributed by atoms with Crippen molar-refractivity contribution in [1.29, 1.82) is 0 Å². The van der Waals surface area contributed by atoms with Gasteiger partial charge in [0, 0.05) is 6.61 Å². The monoisotopic (exact) mass is 194 g/mol. The van der Waals surface area contributed by atoms with E-state index >= 15 is 0 Å². The first-order chi connectivity index (χ1) is 6.72. The highest BCUT2D eigenvalue weighted by Crippen LogP contribution is 2.38. The number of hydrogen-bond donors (Lipinski definition) is 1. The summed E-state index contributed by atoms with van der Waals surface area (Å²) in [4.78, 5) is 0. The van der Waals surface area contributed by atoms with Gasteiger partial charge in [-0.15, -0.1) is 0 Å². The van der Waals surface area contributed by atoms with Gasteiger partial charge >= 0.3 is 0 Å². The average molecular weight is 194 g/mol. The molecule has 1 aromatic rings. The lowest BCUT2D eigenvalue weighted by Crippen LogP contribution is -2.10. The smallest absolute Gasteiger partial charge is 0.123 e. The standard InChI is InChI=1S/C12H15FO/c1-8(7-14)11-4-2-9-6-10(13)3-5-12(9)11/h3,5-6,8,11,14H,2,4,7H2,1H3. The van der Waals surface area contributed by atoms with E-state index in [0.717, 1.165) is 18.4 Å². The SMILES string of the molecule is CC(CO)C1CCc2cc(F)ccc21. The molecule has 1 nitrogen and oxygen atoms in total. The fourth-order valence-corrected chi connectivity index (χ4v) is 2.34. The number of fused-ring (bicyclic) bond motifs is 1. The Labute approximate surface area is 83.6 Å². The lowest BCUT2D eigenvalue weighted by Gasteiger charge is -2.17. The zero-order valence-corrected chi connectivity index (χ0v) is 8.33. The minimum absolute atomic E-state index is 0.152. The van der Waals surface area contributed by atoms with Crippen molar-refractivity contribution in [3.63, 3.8) is 0 Å². The molecule has 14 heavy (non-hydrogen) atoms. The van der Waals surface area contributed by atoms with E-state index in [1.807, 2.05) is 13.0 Å². The summed E-state index contributed by atoms with van der Waals surface area (Å²) < 4.78 is 12.9. The maximum absolute atomic E-state index is 12.9. The van der Waals surface area contributed by atoms with Crippen molar-refractivity contribution in [2.75, 3.05) is 6.61 Å². The van der Waals surface area contributed by atoms with Crippen LogP contribution in [0.5, 0.6) is 0 Å². The fourth-order valence-electron chi connectivity index (χ4n) is 2.34. The zero-order chi connectivity index (χ0) is 10.1. The summed E-state index contributed by atoms with van der Waals surface area (Å²) >= 11 is 0. The summed E-state index contributed by atoms with van der Waals surface area (Å²) in [7, 11) is 0. The van der Waals surface area contributed by atoms with Crippen LogP contribution in [0.2, 0.25) is 0 Å². The molecule has 0 amide bonds. The number of halogens is 1. The molecule has 0 aromatic heterocycles. The lowest BCUT2D eigenvalue weighted by atomic mass is 9.89. The Balaban J connectivity index is 2.31. The third kappa shape index (κ3) is 1.55. The molecule has 0 saturated carbocycles. The zero-order valence-electron chi connectivity index (χ0n) is 8.33. The van der Waals surface area contributed by atoms with Gasteiger partial charge in [0.1, 0.15) is 5.82 Å². The van der Waals surface area contributed by atoms with E-state index < -0.39 is 0 Å². The van der Waals surface area contributed by atoms with Crippen LogP contribution in [0, 0.1) is 11.7 Å². The maximum Gasteiger partial charge on any atom is 0.123 e. The summed E-state index contributed by atoms with van der Waals surface area (Å²) in [5.74, 6) is 0.540. The summed E-state index contributed by atoms with van der Waals surface area (Å²) in [6.07, 6.45) is 1.99. The second-order valence-electron chi connectivity index (χ2n) is 4.15. The lowest BCUT2D eigenvalue weighted by molar-refractivity contribution is 0.215. The molecule has 0 radical (unpaired) electrons. The molecule has 0 spiro atoms. The molecular weight excluding hydrogens is 179 g/mol. The molecule has 76 valence electrons. The van der Waals surface area contributed by atoms with E-state index in [1.54, 1.807) is 6.07 Å². The third-order valence-corrected chi connectivity index (χ3v) is 3.20. The quantitative estimate of drug-likeness (QED) is 0.766. The highest BCUT2D eigenvalue weighted by Gasteiger charge is 2.26. The van der Waals surface area contributed by atoms with E-state index in [9.17, 15) is 4.39 Å². The summed E-state index contributed by atoms with van der Waals surface area (Å²) in [5, 5.41) is 9.10. The molecule has 0 fully saturated rings. The Morgan fingerprint density at radius 1 is 1.57 bits per heavy atom. The van der Waals surface area contributed by atoms with Gasteiger partial charge in [0.25, 0.3) is 0 Å². The largest absolute Gasteiger partial charge is 0.396 e. The third-order valence-electron chi connectivity index (χ3n) is 3.20. The number of hydrogen-bond acceptors (Lipinski definition) is 1. The molecule has 1 aliphatic carbocycles. The first-order valence-corrected chi connectivity index (χ1v) is 5.11. The van der Waals surface area contributed by atoms with Crippen molar-refractivity contribution in [2.45, 2.75) is 25.7 Å². The minimum Gasteiger partial charge on any atom is -0.396 e. The van der Waals surface area contributed by atoms with Crippen molar-refractivity contribution in [1.82, 2.24) is 0 Å². The number of aryl methyl sites for hydroxylation is 1. The van der Waals surface area contributed by atoms with Crippen molar-refractivity contribution in [3.05, 3.63) is 35.1 Å². The van der Waals surface area contributed by atoms with Crippen molar-refractivity contribution in [2.24, 2.45) is 5.92 Å². The van der Waals surface area contributed by atoms with Crippen molar-refractivity contribution >= 4 is 0 Å². The Hall–Kier alpha value is -0.890. The molecule has 0 bridgehead atoms. The van der Waals surface area contributed by atoms with Gasteiger partial charge in [0.05, 0.1) is 0 Å². The Morgan fingerprint density at radius 2 is 2.36 bits per heavy atom. The van der Waals surface area contributed by atoms with Gasteiger partial charge in [-0.25, -0.2) is 4.39 Å². The molecule has 2 heteroatoms. The first kappa shape index (κ1) is 9.66. The van der Waals surface area contributed by atoms with E-state index in [1.165, 1.54) is 11.6 Å². The molecule has 0 saturated heterocycles. The molecule has 0 aliphatic heterocycles. The summed E-state index contributed by atoms with van der Waals surface area (Å²) in [6.45, 7) is 2.25. The van der Waals surface area contributed by atoms with Gasteiger partial charge in [-0.3, -0.25) is 0 Å². The Morgan fingerprint density at radius 3 is 3.07 bits per heavy atom. The highest BCUT2D eigenvalue weighted by molar-refractivity contribution is 5.35. The van der Waals surface area contributed by atoms with Crippen LogP contribution in [-0.4, -0.2) is 11.7 Å². The van der Waals surface area contributed by atoms with Crippen LogP contribution in [0.25, 0.3) is 0 Å². The molecular formula is C12H15FO. The fraction of sp³-hybridized carbons (Fsp3) is 0.500. The van der Waals surface area contributed by atoms with Crippen molar-refractivity contribution < 1.29 is 9.50 Å². The van der Waals surface area contributed by atoms with Crippen LogP contribution < -0.4 is 0 Å². The number of aliphatic hydroxyl groups excluding tert-OH is 1. The van der Waals surface area contributed by atoms with E-state index in [2.05, 4.69) is 0 Å². The van der Waals surface area contributed by atoms with Crippen LogP contribution in [-0.2, 0) is 6.42 Å². The number of aliphatic hydroxyl groups is 1. The van der Waals surface area contributed by atoms with Crippen LogP contribution in [0.1, 0.15) is 30.4 Å². The maximum atomic E-state index is 12.9. The highest BCUT2D eigenvalue weighted by atomic mass is 19.1. The number of rotatable bonds is 2. The second kappa shape index (κ2) is 3.70. The minimum atomic E-state index is -0.152. The predicted molar refractivity (Wildman–Crippen MR) is 53.7 cm³/mol. The number of benzene rings is 1. The molecule has 2 unspecified atom stereocenters. The topological polar surface area (TPSA) is 20.2 Å².